The van der Waals surface area contributed by atoms with Crippen molar-refractivity contribution in [3.63, 3.8) is 0 Å². The number of hydrogen-bond donors (Lipinski definition) is 1. The molecule has 106 valence electrons. The Balaban J connectivity index is 1.78. The molecule has 0 saturated heterocycles. The zero-order valence-corrected chi connectivity index (χ0v) is 12.2. The van der Waals surface area contributed by atoms with E-state index in [1.807, 2.05) is 35.3 Å². The first kappa shape index (κ1) is 13.2. The van der Waals surface area contributed by atoms with Gasteiger partial charge < -0.3 is 5.73 Å². The molecule has 0 aliphatic heterocycles. The van der Waals surface area contributed by atoms with Crippen LogP contribution >= 0.6 is 0 Å². The van der Waals surface area contributed by atoms with Crippen molar-refractivity contribution in [3.05, 3.63) is 30.6 Å². The van der Waals surface area contributed by atoms with Crippen molar-refractivity contribution in [2.45, 2.75) is 39.2 Å². The zero-order valence-electron chi connectivity index (χ0n) is 12.2. The zero-order chi connectivity index (χ0) is 14.1. The van der Waals surface area contributed by atoms with E-state index in [0.717, 1.165) is 28.9 Å². The van der Waals surface area contributed by atoms with Crippen molar-refractivity contribution in [1.29, 1.82) is 0 Å². The first-order valence-corrected chi connectivity index (χ1v) is 7.40. The van der Waals surface area contributed by atoms with Crippen LogP contribution in [0.2, 0.25) is 0 Å². The fourth-order valence-corrected chi connectivity index (χ4v) is 2.97. The van der Waals surface area contributed by atoms with Crippen LogP contribution in [-0.4, -0.2) is 14.8 Å². The predicted molar refractivity (Wildman–Crippen MR) is 81.1 cm³/mol. The number of nitrogens with two attached hydrogens (primary N) is 1. The molecular formula is C16H22N4. The minimum Gasteiger partial charge on any atom is -0.399 e. The van der Waals surface area contributed by atoms with Gasteiger partial charge in [-0.05, 0) is 55.4 Å². The molecule has 1 aliphatic rings. The lowest BCUT2D eigenvalue weighted by Gasteiger charge is -2.31. The van der Waals surface area contributed by atoms with Crippen molar-refractivity contribution >= 4 is 5.69 Å². The molecule has 3 atom stereocenters. The number of nitrogen functional groups attached to an aromatic ring is 1. The summed E-state index contributed by atoms with van der Waals surface area (Å²) in [5.74, 6) is 2.38. The molecule has 0 spiro atoms. The summed E-state index contributed by atoms with van der Waals surface area (Å²) in [5.41, 5.74) is 7.50. The highest BCUT2D eigenvalue weighted by Crippen LogP contribution is 2.35. The van der Waals surface area contributed by atoms with Crippen molar-refractivity contribution in [1.82, 2.24) is 14.8 Å². The average Bonchev–Trinajstić information content (AvgIpc) is 2.92. The lowest BCUT2D eigenvalue weighted by atomic mass is 9.79. The SMILES string of the molecule is CC1CCC(n2cnc(-c3ccc(N)cc3)n2)CC1C. The Labute approximate surface area is 120 Å². The van der Waals surface area contributed by atoms with E-state index in [2.05, 4.69) is 23.9 Å². The van der Waals surface area contributed by atoms with Crippen LogP contribution in [-0.2, 0) is 0 Å². The van der Waals surface area contributed by atoms with Crippen molar-refractivity contribution in [2.24, 2.45) is 11.8 Å². The summed E-state index contributed by atoms with van der Waals surface area (Å²) < 4.78 is 2.05. The molecule has 4 nitrogen and oxygen atoms in total. The maximum Gasteiger partial charge on any atom is 0.181 e. The number of anilines is 1. The van der Waals surface area contributed by atoms with Gasteiger partial charge >= 0.3 is 0 Å². The molecule has 3 unspecified atom stereocenters. The first-order chi connectivity index (χ1) is 9.63. The van der Waals surface area contributed by atoms with Gasteiger partial charge in [-0.3, -0.25) is 0 Å². The average molecular weight is 270 g/mol. The van der Waals surface area contributed by atoms with Crippen LogP contribution in [0, 0.1) is 11.8 Å². The van der Waals surface area contributed by atoms with Crippen molar-refractivity contribution in [2.75, 3.05) is 5.73 Å². The third-order valence-corrected chi connectivity index (χ3v) is 4.62. The minimum atomic E-state index is 0.497. The minimum absolute atomic E-state index is 0.497. The molecule has 0 radical (unpaired) electrons. The van der Waals surface area contributed by atoms with E-state index in [1.165, 1.54) is 19.3 Å². The Morgan fingerprint density at radius 2 is 1.85 bits per heavy atom. The normalized spacial score (nSPS) is 26.6. The van der Waals surface area contributed by atoms with E-state index >= 15 is 0 Å². The molecule has 3 rings (SSSR count). The molecule has 2 N–H and O–H groups in total. The van der Waals surface area contributed by atoms with E-state index in [9.17, 15) is 0 Å². The Morgan fingerprint density at radius 3 is 2.55 bits per heavy atom. The van der Waals surface area contributed by atoms with Gasteiger partial charge in [0.15, 0.2) is 5.82 Å². The molecular weight excluding hydrogens is 248 g/mol. The lowest BCUT2D eigenvalue weighted by molar-refractivity contribution is 0.201. The summed E-state index contributed by atoms with van der Waals surface area (Å²) in [5, 5.41) is 4.66. The van der Waals surface area contributed by atoms with Gasteiger partial charge in [-0.15, -0.1) is 0 Å². The second kappa shape index (κ2) is 5.27. The first-order valence-electron chi connectivity index (χ1n) is 7.40. The molecule has 4 heteroatoms. The molecule has 1 aromatic heterocycles. The molecule has 1 aliphatic carbocycles. The molecule has 0 amide bonds. The smallest absolute Gasteiger partial charge is 0.181 e. The predicted octanol–water partition coefficient (Wildman–Crippen LogP) is 3.52. The van der Waals surface area contributed by atoms with Crippen LogP contribution in [0.15, 0.2) is 30.6 Å². The van der Waals surface area contributed by atoms with Gasteiger partial charge in [-0.2, -0.15) is 5.10 Å². The summed E-state index contributed by atoms with van der Waals surface area (Å²) in [4.78, 5) is 4.45. The maximum atomic E-state index is 5.71. The number of aromatic nitrogens is 3. The molecule has 1 saturated carbocycles. The largest absolute Gasteiger partial charge is 0.399 e. The molecule has 1 aromatic carbocycles. The van der Waals surface area contributed by atoms with Crippen LogP contribution in [0.3, 0.4) is 0 Å². The van der Waals surface area contributed by atoms with Crippen LogP contribution < -0.4 is 5.73 Å². The van der Waals surface area contributed by atoms with Gasteiger partial charge in [0.2, 0.25) is 0 Å². The van der Waals surface area contributed by atoms with Gasteiger partial charge in [0.25, 0.3) is 0 Å². The Morgan fingerprint density at radius 1 is 1.10 bits per heavy atom. The third-order valence-electron chi connectivity index (χ3n) is 4.62. The van der Waals surface area contributed by atoms with Crippen molar-refractivity contribution in [3.8, 4) is 11.4 Å². The van der Waals surface area contributed by atoms with Gasteiger partial charge in [0.1, 0.15) is 6.33 Å². The molecule has 1 fully saturated rings. The molecule has 1 heterocycles. The summed E-state index contributed by atoms with van der Waals surface area (Å²) in [6.45, 7) is 4.69. The summed E-state index contributed by atoms with van der Waals surface area (Å²) in [6.07, 6.45) is 5.56. The number of nitrogens with zero attached hydrogens (tertiary/aromatic N) is 3. The summed E-state index contributed by atoms with van der Waals surface area (Å²) >= 11 is 0. The topological polar surface area (TPSA) is 56.7 Å². The second-order valence-corrected chi connectivity index (χ2v) is 6.09. The Hall–Kier alpha value is -1.84. The van der Waals surface area contributed by atoms with Crippen LogP contribution in [0.25, 0.3) is 11.4 Å². The van der Waals surface area contributed by atoms with E-state index in [-0.39, 0.29) is 0 Å². The molecule has 0 bridgehead atoms. The number of rotatable bonds is 2. The second-order valence-electron chi connectivity index (χ2n) is 6.09. The summed E-state index contributed by atoms with van der Waals surface area (Å²) in [6, 6.07) is 8.22. The van der Waals surface area contributed by atoms with Crippen molar-refractivity contribution < 1.29 is 0 Å². The fraction of sp³-hybridized carbons (Fsp3) is 0.500. The van der Waals surface area contributed by atoms with E-state index < -0.39 is 0 Å². The fourth-order valence-electron chi connectivity index (χ4n) is 2.97. The highest BCUT2D eigenvalue weighted by atomic mass is 15.3. The van der Waals surface area contributed by atoms with Gasteiger partial charge in [-0.25, -0.2) is 9.67 Å². The third kappa shape index (κ3) is 2.55. The van der Waals surface area contributed by atoms with Gasteiger partial charge in [-0.1, -0.05) is 13.8 Å². The van der Waals surface area contributed by atoms with Gasteiger partial charge in [0.05, 0.1) is 6.04 Å². The molecule has 2 aromatic rings. The Kier molecular flexibility index (Phi) is 3.47. The van der Waals surface area contributed by atoms with Crippen LogP contribution in [0.4, 0.5) is 5.69 Å². The maximum absolute atomic E-state index is 5.71. The van der Waals surface area contributed by atoms with E-state index in [0.29, 0.717) is 6.04 Å². The molecule has 20 heavy (non-hydrogen) atoms. The highest BCUT2D eigenvalue weighted by molar-refractivity contribution is 5.57. The quantitative estimate of drug-likeness (QED) is 0.849. The van der Waals surface area contributed by atoms with E-state index in [1.54, 1.807) is 0 Å². The van der Waals surface area contributed by atoms with Crippen LogP contribution in [0.5, 0.6) is 0 Å². The Bertz CT molecular complexity index is 572. The standard InChI is InChI=1S/C16H22N4/c1-11-3-8-15(9-12(11)2)20-10-18-16(19-20)13-4-6-14(17)7-5-13/h4-7,10-12,15H,3,8-9,17H2,1-2H3. The van der Waals surface area contributed by atoms with E-state index in [4.69, 9.17) is 5.73 Å². The number of benzene rings is 1. The highest BCUT2D eigenvalue weighted by Gasteiger charge is 2.26. The lowest BCUT2D eigenvalue weighted by Crippen LogP contribution is -2.23. The van der Waals surface area contributed by atoms with Crippen LogP contribution in [0.1, 0.15) is 39.2 Å². The number of hydrogen-bond acceptors (Lipinski definition) is 3. The summed E-state index contributed by atoms with van der Waals surface area (Å²) in [7, 11) is 0. The monoisotopic (exact) mass is 270 g/mol. The van der Waals surface area contributed by atoms with Gasteiger partial charge in [0, 0.05) is 11.3 Å².